The number of nitrogens with one attached hydrogen (secondary N) is 5. The first-order valence-electron chi connectivity index (χ1n) is 14.4. The third-order valence-electron chi connectivity index (χ3n) is 9.66. The van der Waals surface area contributed by atoms with Crippen molar-refractivity contribution in [1.82, 2.24) is 41.9 Å². The third kappa shape index (κ3) is 4.90. The predicted octanol–water partition coefficient (Wildman–Crippen LogP) is 1.01. The molecule has 6 aliphatic rings. The molecule has 0 aromatic heterocycles. The van der Waals surface area contributed by atoms with Crippen molar-refractivity contribution in [1.29, 1.82) is 0 Å². The van der Waals surface area contributed by atoms with Crippen LogP contribution in [-0.2, 0) is 4.79 Å². The smallest absolute Gasteiger partial charge is 0.225 e. The largest absolute Gasteiger partial charge is 0.340 e. The van der Waals surface area contributed by atoms with Crippen molar-refractivity contribution in [2.75, 3.05) is 26.2 Å². The zero-order valence-electron chi connectivity index (χ0n) is 20.8. The fraction of sp³-hybridized carbons (Fsp3) is 0.960. The van der Waals surface area contributed by atoms with Gasteiger partial charge in [-0.25, -0.2) is 10.4 Å². The Kier molecular flexibility index (Phi) is 7.40. The Morgan fingerprint density at radius 2 is 1.62 bits per heavy atom. The molecule has 6 unspecified atom stereocenters. The molecular formula is C25H46N8O. The first-order valence-corrected chi connectivity index (χ1v) is 14.4. The summed E-state index contributed by atoms with van der Waals surface area (Å²) < 4.78 is 0. The molecule has 0 aromatic carbocycles. The zero-order valence-corrected chi connectivity index (χ0v) is 20.8. The molecule has 192 valence electrons. The van der Waals surface area contributed by atoms with Crippen LogP contribution in [0.5, 0.6) is 0 Å². The van der Waals surface area contributed by atoms with Crippen molar-refractivity contribution in [2.24, 2.45) is 5.92 Å². The van der Waals surface area contributed by atoms with E-state index in [9.17, 15) is 4.79 Å². The van der Waals surface area contributed by atoms with E-state index in [0.717, 1.165) is 51.5 Å². The molecule has 0 spiro atoms. The molecule has 1 amide bonds. The van der Waals surface area contributed by atoms with Crippen molar-refractivity contribution >= 4 is 5.91 Å². The van der Waals surface area contributed by atoms with Gasteiger partial charge in [-0.15, -0.1) is 0 Å². The second kappa shape index (κ2) is 10.7. The van der Waals surface area contributed by atoms with Crippen LogP contribution in [0.15, 0.2) is 0 Å². The lowest BCUT2D eigenvalue weighted by molar-refractivity contribution is -0.139. The molecule has 3 aliphatic heterocycles. The maximum atomic E-state index is 13.5. The summed E-state index contributed by atoms with van der Waals surface area (Å²) >= 11 is 0. The van der Waals surface area contributed by atoms with Crippen LogP contribution in [0.2, 0.25) is 0 Å². The minimum Gasteiger partial charge on any atom is -0.340 e. The van der Waals surface area contributed by atoms with Crippen LogP contribution in [-0.4, -0.2) is 83.4 Å². The van der Waals surface area contributed by atoms with Gasteiger partial charge in [0.2, 0.25) is 5.91 Å². The van der Waals surface area contributed by atoms with E-state index in [2.05, 4.69) is 41.9 Å². The molecule has 3 aliphatic carbocycles. The summed E-state index contributed by atoms with van der Waals surface area (Å²) in [4.78, 5) is 18.3. The summed E-state index contributed by atoms with van der Waals surface area (Å²) in [6, 6.07) is 2.23. The Bertz CT molecular complexity index is 694. The number of hydrogen-bond donors (Lipinski definition) is 5. The lowest BCUT2D eigenvalue weighted by Crippen LogP contribution is -2.74. The van der Waals surface area contributed by atoms with Crippen LogP contribution in [0.25, 0.3) is 0 Å². The van der Waals surface area contributed by atoms with E-state index in [1.165, 1.54) is 64.2 Å². The summed E-state index contributed by atoms with van der Waals surface area (Å²) in [5.41, 5.74) is 9.90. The van der Waals surface area contributed by atoms with Gasteiger partial charge in [0.05, 0.1) is 6.17 Å². The van der Waals surface area contributed by atoms with Crippen LogP contribution in [0, 0.1) is 5.92 Å². The molecule has 6 fully saturated rings. The Morgan fingerprint density at radius 1 is 0.824 bits per heavy atom. The Morgan fingerprint density at radius 3 is 2.47 bits per heavy atom. The maximum absolute atomic E-state index is 13.5. The van der Waals surface area contributed by atoms with Crippen molar-refractivity contribution in [3.05, 3.63) is 0 Å². The molecule has 34 heavy (non-hydrogen) atoms. The molecule has 0 bridgehead atoms. The van der Waals surface area contributed by atoms with E-state index in [1.807, 2.05) is 0 Å². The SMILES string of the molecule is O=C(C1CCCC(NC2NC3CCCCC3N3NNNC23)C1)N1CCN(C2CCCCC2)CC1. The molecule has 3 heterocycles. The summed E-state index contributed by atoms with van der Waals surface area (Å²) in [6.45, 7) is 4.00. The fourth-order valence-corrected chi connectivity index (χ4v) is 7.77. The number of rotatable bonds is 4. The number of piperazine rings is 2. The highest BCUT2D eigenvalue weighted by atomic mass is 16.2. The third-order valence-corrected chi connectivity index (χ3v) is 9.66. The van der Waals surface area contributed by atoms with Crippen LogP contribution in [0.1, 0.15) is 83.5 Å². The number of hydrazine groups is 3. The molecule has 5 N–H and O–H groups in total. The van der Waals surface area contributed by atoms with Crippen molar-refractivity contribution in [3.63, 3.8) is 0 Å². The summed E-state index contributed by atoms with van der Waals surface area (Å²) in [5, 5.41) is 10.2. The number of carbonyl (C=O) groups is 1. The lowest BCUT2D eigenvalue weighted by atomic mass is 9.83. The molecule has 3 saturated carbocycles. The first-order chi connectivity index (χ1) is 16.8. The maximum Gasteiger partial charge on any atom is 0.225 e. The molecular weight excluding hydrogens is 428 g/mol. The highest BCUT2D eigenvalue weighted by Crippen LogP contribution is 2.31. The van der Waals surface area contributed by atoms with E-state index in [-0.39, 0.29) is 18.2 Å². The van der Waals surface area contributed by atoms with Gasteiger partial charge in [0, 0.05) is 56.3 Å². The van der Waals surface area contributed by atoms with Gasteiger partial charge in [-0.1, -0.05) is 38.5 Å². The van der Waals surface area contributed by atoms with Gasteiger partial charge in [-0.2, -0.15) is 11.1 Å². The number of carbonyl (C=O) groups excluding carboxylic acids is 1. The average Bonchev–Trinajstić information content (AvgIpc) is 3.40. The number of hydrogen-bond acceptors (Lipinski definition) is 8. The van der Waals surface area contributed by atoms with Gasteiger partial charge < -0.3 is 4.90 Å². The normalized spacial score (nSPS) is 40.6. The molecule has 9 heteroatoms. The second-order valence-electron chi connectivity index (χ2n) is 11.7. The lowest BCUT2D eigenvalue weighted by Gasteiger charge is -2.49. The quantitative estimate of drug-likeness (QED) is 0.413. The van der Waals surface area contributed by atoms with Gasteiger partial charge in [0.15, 0.2) is 0 Å². The predicted molar refractivity (Wildman–Crippen MR) is 132 cm³/mol. The van der Waals surface area contributed by atoms with Crippen LogP contribution in [0.3, 0.4) is 0 Å². The number of nitrogens with zero attached hydrogens (tertiary/aromatic N) is 3. The molecule has 6 rings (SSSR count). The fourth-order valence-electron chi connectivity index (χ4n) is 7.77. The number of fused-ring (bicyclic) bond motifs is 3. The standard InChI is InChI=1S/C25H46N8O/c34-25(32-15-13-31(14-16-32)20-9-2-1-3-10-20)18-7-6-8-19(17-18)26-23-24-28-29-30-33(24)22-12-5-4-11-21(22)27-23/h18-24,26-30H,1-17H2. The van der Waals surface area contributed by atoms with Gasteiger partial charge in [-0.3, -0.25) is 20.3 Å². The summed E-state index contributed by atoms with van der Waals surface area (Å²) in [6.07, 6.45) is 16.7. The Hall–Kier alpha value is -0.810. The minimum atomic E-state index is 0.180. The first kappa shape index (κ1) is 23.6. The Balaban J connectivity index is 1.02. The van der Waals surface area contributed by atoms with Crippen molar-refractivity contribution < 1.29 is 4.79 Å². The number of amides is 1. The van der Waals surface area contributed by atoms with E-state index >= 15 is 0 Å². The van der Waals surface area contributed by atoms with Crippen molar-refractivity contribution in [2.45, 2.75) is 120 Å². The highest BCUT2D eigenvalue weighted by molar-refractivity contribution is 5.79. The van der Waals surface area contributed by atoms with Gasteiger partial charge in [-0.05, 0) is 44.9 Å². The second-order valence-corrected chi connectivity index (χ2v) is 11.7. The van der Waals surface area contributed by atoms with Crippen molar-refractivity contribution in [3.8, 4) is 0 Å². The average molecular weight is 475 g/mol. The molecule has 0 aromatic rings. The molecule has 9 nitrogen and oxygen atoms in total. The highest BCUT2D eigenvalue weighted by Gasteiger charge is 2.46. The van der Waals surface area contributed by atoms with Crippen LogP contribution in [0.4, 0.5) is 0 Å². The van der Waals surface area contributed by atoms with Gasteiger partial charge >= 0.3 is 0 Å². The molecule has 6 atom stereocenters. The van der Waals surface area contributed by atoms with Crippen LogP contribution < -0.4 is 27.1 Å². The molecule has 3 saturated heterocycles. The van der Waals surface area contributed by atoms with E-state index < -0.39 is 0 Å². The minimum absolute atomic E-state index is 0.180. The van der Waals surface area contributed by atoms with E-state index in [1.54, 1.807) is 0 Å². The zero-order chi connectivity index (χ0) is 22.9. The van der Waals surface area contributed by atoms with Gasteiger partial charge in [0.1, 0.15) is 6.17 Å². The Labute approximate surface area is 205 Å². The van der Waals surface area contributed by atoms with Crippen LogP contribution >= 0.6 is 0 Å². The van der Waals surface area contributed by atoms with E-state index in [4.69, 9.17) is 0 Å². The topological polar surface area (TPSA) is 86.9 Å². The summed E-state index contributed by atoms with van der Waals surface area (Å²) in [7, 11) is 0. The molecule has 0 radical (unpaired) electrons. The summed E-state index contributed by atoms with van der Waals surface area (Å²) in [5.74, 6) is 0.602. The monoisotopic (exact) mass is 474 g/mol. The van der Waals surface area contributed by atoms with E-state index in [0.29, 0.717) is 24.0 Å². The van der Waals surface area contributed by atoms with Gasteiger partial charge in [0.25, 0.3) is 0 Å².